The molecule has 0 amide bonds. The van der Waals surface area contributed by atoms with Crippen LogP contribution >= 0.6 is 0 Å². The molecule has 1 aliphatic heterocycles. The lowest BCUT2D eigenvalue weighted by Crippen LogP contribution is -2.20. The Hall–Kier alpha value is -1.02. The van der Waals surface area contributed by atoms with Crippen molar-refractivity contribution in [3.05, 3.63) is 29.3 Å². The minimum Gasteiger partial charge on any atom is -0.493 e. The van der Waals surface area contributed by atoms with Crippen molar-refractivity contribution in [2.45, 2.75) is 32.1 Å². The molecule has 1 aromatic rings. The SMILES string of the molecule is CC1(C)CC1(CO)c1cccc2c1OCC2. The third-order valence-corrected chi connectivity index (χ3v) is 4.41. The van der Waals surface area contributed by atoms with Crippen molar-refractivity contribution in [2.75, 3.05) is 13.2 Å². The van der Waals surface area contributed by atoms with E-state index in [9.17, 15) is 5.11 Å². The molecule has 1 atom stereocenters. The third-order valence-electron chi connectivity index (χ3n) is 4.41. The number of benzene rings is 1. The number of ether oxygens (including phenoxy) is 1. The number of rotatable bonds is 2. The van der Waals surface area contributed by atoms with Gasteiger partial charge in [-0.05, 0) is 17.4 Å². The molecule has 2 aliphatic rings. The van der Waals surface area contributed by atoms with Gasteiger partial charge in [0.25, 0.3) is 0 Å². The molecule has 0 aromatic heterocycles. The second-order valence-corrected chi connectivity index (χ2v) is 5.69. The molecule has 1 aromatic carbocycles. The Labute approximate surface area is 96.2 Å². The van der Waals surface area contributed by atoms with Crippen molar-refractivity contribution < 1.29 is 9.84 Å². The molecule has 1 N–H and O–H groups in total. The molecule has 2 heteroatoms. The molecular weight excluding hydrogens is 200 g/mol. The zero-order chi connectivity index (χ0) is 11.4. The lowest BCUT2D eigenvalue weighted by Gasteiger charge is -2.20. The number of para-hydroxylation sites is 1. The topological polar surface area (TPSA) is 29.5 Å². The molecule has 1 aliphatic carbocycles. The predicted molar refractivity (Wildman–Crippen MR) is 62.8 cm³/mol. The molecule has 1 saturated carbocycles. The Morgan fingerprint density at radius 3 is 2.75 bits per heavy atom. The van der Waals surface area contributed by atoms with Gasteiger partial charge in [-0.25, -0.2) is 0 Å². The normalized spacial score (nSPS) is 29.7. The zero-order valence-corrected chi connectivity index (χ0v) is 9.92. The predicted octanol–water partition coefficient (Wildman–Crippen LogP) is 2.28. The maximum Gasteiger partial charge on any atom is 0.126 e. The summed E-state index contributed by atoms with van der Waals surface area (Å²) in [6.07, 6.45) is 2.06. The molecule has 1 unspecified atom stereocenters. The van der Waals surface area contributed by atoms with Gasteiger partial charge in [0.2, 0.25) is 0 Å². The number of aliphatic hydroxyl groups excluding tert-OH is 1. The van der Waals surface area contributed by atoms with Crippen LogP contribution in [0.15, 0.2) is 18.2 Å². The molecule has 0 bridgehead atoms. The van der Waals surface area contributed by atoms with Gasteiger partial charge < -0.3 is 9.84 Å². The van der Waals surface area contributed by atoms with Crippen LogP contribution in [0.5, 0.6) is 5.75 Å². The van der Waals surface area contributed by atoms with Crippen molar-refractivity contribution in [1.29, 1.82) is 0 Å². The van der Waals surface area contributed by atoms with Gasteiger partial charge in [0.05, 0.1) is 13.2 Å². The van der Waals surface area contributed by atoms with Gasteiger partial charge in [-0.1, -0.05) is 32.0 Å². The van der Waals surface area contributed by atoms with Gasteiger partial charge in [0.15, 0.2) is 0 Å². The third kappa shape index (κ3) is 1.11. The van der Waals surface area contributed by atoms with Crippen LogP contribution in [0, 0.1) is 5.41 Å². The van der Waals surface area contributed by atoms with Crippen LogP contribution in [0.4, 0.5) is 0 Å². The molecule has 1 heterocycles. The summed E-state index contributed by atoms with van der Waals surface area (Å²) in [5.41, 5.74) is 2.65. The maximum absolute atomic E-state index is 9.72. The van der Waals surface area contributed by atoms with Crippen molar-refractivity contribution in [3.63, 3.8) is 0 Å². The van der Waals surface area contributed by atoms with Gasteiger partial charge >= 0.3 is 0 Å². The van der Waals surface area contributed by atoms with E-state index >= 15 is 0 Å². The number of hydrogen-bond acceptors (Lipinski definition) is 2. The summed E-state index contributed by atoms with van der Waals surface area (Å²) < 4.78 is 5.74. The van der Waals surface area contributed by atoms with Crippen molar-refractivity contribution in [3.8, 4) is 5.75 Å². The Balaban J connectivity index is 2.11. The second kappa shape index (κ2) is 3.01. The van der Waals surface area contributed by atoms with Crippen LogP contribution < -0.4 is 4.74 Å². The molecule has 0 saturated heterocycles. The number of fused-ring (bicyclic) bond motifs is 1. The summed E-state index contributed by atoms with van der Waals surface area (Å²) in [5.74, 6) is 1.04. The van der Waals surface area contributed by atoms with E-state index in [1.54, 1.807) is 0 Å². The van der Waals surface area contributed by atoms with Crippen LogP contribution in [0.2, 0.25) is 0 Å². The van der Waals surface area contributed by atoms with Gasteiger partial charge in [0, 0.05) is 17.4 Å². The average Bonchev–Trinajstić information content (AvgIpc) is 2.65. The summed E-state index contributed by atoms with van der Waals surface area (Å²) >= 11 is 0. The van der Waals surface area contributed by atoms with Gasteiger partial charge in [0.1, 0.15) is 5.75 Å². The fourth-order valence-electron chi connectivity index (χ4n) is 3.12. The molecular formula is C14H18O2. The first-order valence-corrected chi connectivity index (χ1v) is 5.97. The Morgan fingerprint density at radius 2 is 2.12 bits per heavy atom. The lowest BCUT2D eigenvalue weighted by molar-refractivity contribution is 0.227. The summed E-state index contributed by atoms with van der Waals surface area (Å²) in [6.45, 7) is 5.45. The summed E-state index contributed by atoms with van der Waals surface area (Å²) in [6, 6.07) is 6.34. The highest BCUT2D eigenvalue weighted by molar-refractivity contribution is 5.52. The van der Waals surface area contributed by atoms with E-state index in [1.165, 1.54) is 11.1 Å². The maximum atomic E-state index is 9.72. The average molecular weight is 218 g/mol. The van der Waals surface area contributed by atoms with Crippen LogP contribution in [-0.2, 0) is 11.8 Å². The summed E-state index contributed by atoms with van der Waals surface area (Å²) in [4.78, 5) is 0. The number of aliphatic hydroxyl groups is 1. The van der Waals surface area contributed by atoms with Gasteiger partial charge in [-0.3, -0.25) is 0 Å². The van der Waals surface area contributed by atoms with E-state index < -0.39 is 0 Å². The molecule has 86 valence electrons. The fourth-order valence-corrected chi connectivity index (χ4v) is 3.12. The first kappa shape index (κ1) is 10.2. The smallest absolute Gasteiger partial charge is 0.126 e. The Kier molecular flexibility index (Phi) is 1.91. The second-order valence-electron chi connectivity index (χ2n) is 5.69. The van der Waals surface area contributed by atoms with Crippen molar-refractivity contribution >= 4 is 0 Å². The first-order valence-electron chi connectivity index (χ1n) is 5.97. The monoisotopic (exact) mass is 218 g/mol. The number of hydrogen-bond donors (Lipinski definition) is 1. The largest absolute Gasteiger partial charge is 0.493 e. The Bertz CT molecular complexity index is 436. The van der Waals surface area contributed by atoms with Crippen LogP contribution in [0.1, 0.15) is 31.4 Å². The van der Waals surface area contributed by atoms with E-state index in [-0.39, 0.29) is 17.4 Å². The Morgan fingerprint density at radius 1 is 1.38 bits per heavy atom. The molecule has 0 radical (unpaired) electrons. The van der Waals surface area contributed by atoms with E-state index in [1.807, 2.05) is 0 Å². The molecule has 1 fully saturated rings. The summed E-state index contributed by atoms with van der Waals surface area (Å²) in [5, 5.41) is 9.72. The van der Waals surface area contributed by atoms with Crippen LogP contribution in [0.25, 0.3) is 0 Å². The quantitative estimate of drug-likeness (QED) is 0.825. The molecule has 2 nitrogen and oxygen atoms in total. The van der Waals surface area contributed by atoms with E-state index in [4.69, 9.17) is 4.74 Å². The first-order chi connectivity index (χ1) is 7.61. The standard InChI is InChI=1S/C14H18O2/c1-13(2)8-14(13,9-15)11-5-3-4-10-6-7-16-12(10)11/h3-5,15H,6-9H2,1-2H3. The summed E-state index contributed by atoms with van der Waals surface area (Å²) in [7, 11) is 0. The lowest BCUT2D eigenvalue weighted by atomic mass is 9.87. The van der Waals surface area contributed by atoms with E-state index in [2.05, 4.69) is 32.0 Å². The minimum atomic E-state index is -0.0668. The van der Waals surface area contributed by atoms with Gasteiger partial charge in [-0.15, -0.1) is 0 Å². The highest BCUT2D eigenvalue weighted by atomic mass is 16.5. The van der Waals surface area contributed by atoms with Gasteiger partial charge in [-0.2, -0.15) is 0 Å². The van der Waals surface area contributed by atoms with E-state index in [0.29, 0.717) is 0 Å². The zero-order valence-electron chi connectivity index (χ0n) is 9.92. The molecule has 3 rings (SSSR count). The minimum absolute atomic E-state index is 0.0668. The van der Waals surface area contributed by atoms with Crippen LogP contribution in [0.3, 0.4) is 0 Å². The highest BCUT2D eigenvalue weighted by Crippen LogP contribution is 2.65. The molecule has 16 heavy (non-hydrogen) atoms. The van der Waals surface area contributed by atoms with Crippen molar-refractivity contribution in [2.24, 2.45) is 5.41 Å². The van der Waals surface area contributed by atoms with Crippen LogP contribution in [-0.4, -0.2) is 18.3 Å². The highest BCUT2D eigenvalue weighted by Gasteiger charge is 2.62. The fraction of sp³-hybridized carbons (Fsp3) is 0.571. The molecule has 0 spiro atoms. The van der Waals surface area contributed by atoms with Crippen molar-refractivity contribution in [1.82, 2.24) is 0 Å². The van der Waals surface area contributed by atoms with E-state index in [0.717, 1.165) is 25.2 Å².